The first-order valence-electron chi connectivity index (χ1n) is 5.42. The van der Waals surface area contributed by atoms with Crippen LogP contribution in [0.2, 0.25) is 0 Å². The van der Waals surface area contributed by atoms with Crippen LogP contribution in [-0.2, 0) is 0 Å². The Bertz CT molecular complexity index is 275. The van der Waals surface area contributed by atoms with Crippen LogP contribution in [0, 0.1) is 13.8 Å². The minimum absolute atomic E-state index is 1.03. The van der Waals surface area contributed by atoms with Gasteiger partial charge in [-0.25, -0.2) is 4.98 Å². The summed E-state index contributed by atoms with van der Waals surface area (Å²) in [6.07, 6.45) is 2.44. The highest BCUT2D eigenvalue weighted by molar-refractivity contribution is 7.15. The van der Waals surface area contributed by atoms with E-state index < -0.39 is 0 Å². The zero-order valence-electron chi connectivity index (χ0n) is 10.1. The first kappa shape index (κ1) is 12.5. The van der Waals surface area contributed by atoms with Gasteiger partial charge in [0.05, 0.1) is 5.69 Å². The van der Waals surface area contributed by atoms with E-state index in [0.717, 1.165) is 23.9 Å². The van der Waals surface area contributed by atoms with E-state index in [0.29, 0.717) is 0 Å². The van der Waals surface area contributed by atoms with Crippen molar-refractivity contribution in [1.82, 2.24) is 9.88 Å². The summed E-state index contributed by atoms with van der Waals surface area (Å²) in [7, 11) is 4.22. The Labute approximate surface area is 96.5 Å². The van der Waals surface area contributed by atoms with Crippen LogP contribution in [0.4, 0.5) is 5.13 Å². The molecule has 0 aliphatic heterocycles. The molecule has 0 unspecified atom stereocenters. The summed E-state index contributed by atoms with van der Waals surface area (Å²) in [6, 6.07) is 0. The number of aromatic nitrogens is 1. The lowest BCUT2D eigenvalue weighted by molar-refractivity contribution is 0.396. The van der Waals surface area contributed by atoms with Crippen molar-refractivity contribution in [3.05, 3.63) is 10.6 Å². The molecule has 1 aromatic heterocycles. The zero-order valence-corrected chi connectivity index (χ0v) is 10.9. The lowest BCUT2D eigenvalue weighted by atomic mass is 10.3. The SMILES string of the molecule is Cc1nc(NCCCCN(C)C)sc1C. The molecular weight excluding hydrogens is 206 g/mol. The van der Waals surface area contributed by atoms with E-state index in [1.165, 1.54) is 17.7 Å². The summed E-state index contributed by atoms with van der Waals surface area (Å²) in [4.78, 5) is 7.97. The van der Waals surface area contributed by atoms with Crippen LogP contribution in [0.3, 0.4) is 0 Å². The van der Waals surface area contributed by atoms with Gasteiger partial charge in [-0.15, -0.1) is 11.3 Å². The van der Waals surface area contributed by atoms with Gasteiger partial charge < -0.3 is 10.2 Å². The number of nitrogens with one attached hydrogen (secondary N) is 1. The van der Waals surface area contributed by atoms with E-state index in [1.54, 1.807) is 11.3 Å². The number of aryl methyl sites for hydroxylation is 2. The normalized spacial score (nSPS) is 11.0. The van der Waals surface area contributed by atoms with Crippen molar-refractivity contribution >= 4 is 16.5 Å². The first-order valence-corrected chi connectivity index (χ1v) is 6.24. The Morgan fingerprint density at radius 3 is 2.53 bits per heavy atom. The maximum atomic E-state index is 4.44. The maximum absolute atomic E-state index is 4.44. The lowest BCUT2D eigenvalue weighted by Crippen LogP contribution is -2.14. The zero-order chi connectivity index (χ0) is 11.3. The number of hydrogen-bond donors (Lipinski definition) is 1. The fourth-order valence-corrected chi connectivity index (χ4v) is 2.14. The molecule has 0 fully saturated rings. The van der Waals surface area contributed by atoms with Crippen LogP contribution in [0.15, 0.2) is 0 Å². The van der Waals surface area contributed by atoms with E-state index >= 15 is 0 Å². The molecule has 0 radical (unpaired) electrons. The molecule has 86 valence electrons. The first-order chi connectivity index (χ1) is 7.09. The molecule has 1 N–H and O–H groups in total. The minimum atomic E-state index is 1.03. The highest BCUT2D eigenvalue weighted by Gasteiger charge is 2.01. The molecule has 0 amide bonds. The number of anilines is 1. The predicted molar refractivity (Wildman–Crippen MR) is 67.9 cm³/mol. The molecule has 0 aromatic carbocycles. The molecule has 15 heavy (non-hydrogen) atoms. The smallest absolute Gasteiger partial charge is 0.183 e. The third-order valence-electron chi connectivity index (χ3n) is 2.34. The van der Waals surface area contributed by atoms with E-state index in [4.69, 9.17) is 0 Å². The number of rotatable bonds is 6. The van der Waals surface area contributed by atoms with Crippen LogP contribution in [0.25, 0.3) is 0 Å². The van der Waals surface area contributed by atoms with E-state index in [1.807, 2.05) is 0 Å². The molecule has 4 heteroatoms. The number of unbranched alkanes of at least 4 members (excludes halogenated alkanes) is 1. The summed E-state index contributed by atoms with van der Waals surface area (Å²) in [6.45, 7) is 6.37. The van der Waals surface area contributed by atoms with Gasteiger partial charge in [0.25, 0.3) is 0 Å². The monoisotopic (exact) mass is 227 g/mol. The Balaban J connectivity index is 2.15. The van der Waals surface area contributed by atoms with Gasteiger partial charge in [0.2, 0.25) is 0 Å². The Morgan fingerprint density at radius 2 is 2.00 bits per heavy atom. The van der Waals surface area contributed by atoms with Gasteiger partial charge in [0.15, 0.2) is 5.13 Å². The molecule has 0 saturated heterocycles. The van der Waals surface area contributed by atoms with Crippen molar-refractivity contribution in [3.63, 3.8) is 0 Å². The van der Waals surface area contributed by atoms with Gasteiger partial charge in [-0.2, -0.15) is 0 Å². The second kappa shape index (κ2) is 6.08. The standard InChI is InChI=1S/C11H21N3S/c1-9-10(2)15-11(13-9)12-7-5-6-8-14(3)4/h5-8H2,1-4H3,(H,12,13). The predicted octanol–water partition coefficient (Wildman–Crippen LogP) is 2.51. The van der Waals surface area contributed by atoms with Gasteiger partial charge in [-0.05, 0) is 47.3 Å². The Morgan fingerprint density at radius 1 is 1.27 bits per heavy atom. The highest BCUT2D eigenvalue weighted by atomic mass is 32.1. The molecule has 0 aliphatic rings. The van der Waals surface area contributed by atoms with Crippen molar-refractivity contribution in [2.75, 3.05) is 32.5 Å². The van der Waals surface area contributed by atoms with E-state index in [-0.39, 0.29) is 0 Å². The van der Waals surface area contributed by atoms with Gasteiger partial charge in [-0.3, -0.25) is 0 Å². The fraction of sp³-hybridized carbons (Fsp3) is 0.727. The second-order valence-corrected chi connectivity index (χ2v) is 5.30. The fourth-order valence-electron chi connectivity index (χ4n) is 1.30. The minimum Gasteiger partial charge on any atom is -0.362 e. The van der Waals surface area contributed by atoms with Crippen LogP contribution < -0.4 is 5.32 Å². The average Bonchev–Trinajstić information content (AvgIpc) is 2.45. The summed E-state index contributed by atoms with van der Waals surface area (Å²) in [5.74, 6) is 0. The van der Waals surface area contributed by atoms with Gasteiger partial charge >= 0.3 is 0 Å². The van der Waals surface area contributed by atoms with Crippen molar-refractivity contribution in [2.45, 2.75) is 26.7 Å². The quantitative estimate of drug-likeness (QED) is 0.757. The average molecular weight is 227 g/mol. The summed E-state index contributed by atoms with van der Waals surface area (Å²) >= 11 is 1.75. The second-order valence-electron chi connectivity index (χ2n) is 4.10. The molecule has 1 heterocycles. The Kier molecular flexibility index (Phi) is 5.05. The molecule has 0 atom stereocenters. The number of nitrogens with zero attached hydrogens (tertiary/aromatic N) is 2. The topological polar surface area (TPSA) is 28.2 Å². The maximum Gasteiger partial charge on any atom is 0.183 e. The van der Waals surface area contributed by atoms with E-state index in [2.05, 4.69) is 43.1 Å². The highest BCUT2D eigenvalue weighted by Crippen LogP contribution is 2.20. The van der Waals surface area contributed by atoms with Crippen molar-refractivity contribution in [3.8, 4) is 0 Å². The number of hydrogen-bond acceptors (Lipinski definition) is 4. The molecule has 0 aliphatic carbocycles. The van der Waals surface area contributed by atoms with Gasteiger partial charge in [0, 0.05) is 11.4 Å². The molecule has 0 saturated carbocycles. The van der Waals surface area contributed by atoms with Crippen LogP contribution in [0.5, 0.6) is 0 Å². The van der Waals surface area contributed by atoms with Crippen molar-refractivity contribution < 1.29 is 0 Å². The van der Waals surface area contributed by atoms with E-state index in [9.17, 15) is 0 Å². The molecule has 1 rings (SSSR count). The third-order valence-corrected chi connectivity index (χ3v) is 3.37. The molecule has 0 spiro atoms. The summed E-state index contributed by atoms with van der Waals surface area (Å²) < 4.78 is 0. The third kappa shape index (κ3) is 4.62. The number of thiazole rings is 1. The summed E-state index contributed by atoms with van der Waals surface area (Å²) in [5.41, 5.74) is 1.15. The molecule has 0 bridgehead atoms. The van der Waals surface area contributed by atoms with Gasteiger partial charge in [0.1, 0.15) is 0 Å². The van der Waals surface area contributed by atoms with Crippen LogP contribution in [0.1, 0.15) is 23.4 Å². The molecule has 1 aromatic rings. The Hall–Kier alpha value is -0.610. The largest absolute Gasteiger partial charge is 0.362 e. The summed E-state index contributed by atoms with van der Waals surface area (Å²) in [5, 5.41) is 4.43. The van der Waals surface area contributed by atoms with Crippen molar-refractivity contribution in [2.24, 2.45) is 0 Å². The molecular formula is C11H21N3S. The van der Waals surface area contributed by atoms with Gasteiger partial charge in [-0.1, -0.05) is 0 Å². The van der Waals surface area contributed by atoms with Crippen LogP contribution in [-0.4, -0.2) is 37.1 Å². The van der Waals surface area contributed by atoms with Crippen molar-refractivity contribution in [1.29, 1.82) is 0 Å². The molecule has 3 nitrogen and oxygen atoms in total. The lowest BCUT2D eigenvalue weighted by Gasteiger charge is -2.08. The van der Waals surface area contributed by atoms with Crippen LogP contribution >= 0.6 is 11.3 Å².